The minimum Gasteiger partial charge on any atom is -0.342 e. The van der Waals surface area contributed by atoms with E-state index < -0.39 is 7.37 Å². The largest absolute Gasteiger partial charge is 0.342 e. The van der Waals surface area contributed by atoms with E-state index in [1.165, 1.54) is 16.7 Å². The molecule has 0 bridgehead atoms. The molecule has 1 atom stereocenters. The molecule has 0 spiro atoms. The molecule has 2 amide bonds. The molecular weight excluding hydrogens is 243 g/mol. The molecule has 0 saturated carbocycles. The average molecular weight is 262 g/mol. The van der Waals surface area contributed by atoms with Crippen molar-refractivity contribution >= 4 is 19.2 Å². The third kappa shape index (κ3) is 4.13. The van der Waals surface area contributed by atoms with Gasteiger partial charge in [0.1, 0.15) is 0 Å². The van der Waals surface area contributed by atoms with Crippen LogP contribution >= 0.6 is 7.37 Å². The lowest BCUT2D eigenvalue weighted by atomic mass is 10.4. The van der Waals surface area contributed by atoms with Crippen molar-refractivity contribution in [1.82, 2.24) is 9.80 Å². The molecule has 1 saturated heterocycles. The zero-order valence-corrected chi connectivity index (χ0v) is 11.2. The van der Waals surface area contributed by atoms with Crippen molar-refractivity contribution in [3.63, 3.8) is 0 Å². The second kappa shape index (κ2) is 5.65. The van der Waals surface area contributed by atoms with Crippen molar-refractivity contribution in [2.24, 2.45) is 0 Å². The fourth-order valence-corrected chi connectivity index (χ4v) is 3.71. The summed E-state index contributed by atoms with van der Waals surface area (Å²) in [6.07, 6.45) is 0.867. The van der Waals surface area contributed by atoms with Gasteiger partial charge < -0.3 is 14.7 Å². The Morgan fingerprint density at radius 1 is 1.59 bits per heavy atom. The fraction of sp³-hybridized carbons (Fsp3) is 0.800. The van der Waals surface area contributed by atoms with Gasteiger partial charge in [0.05, 0.1) is 12.6 Å². The van der Waals surface area contributed by atoms with Gasteiger partial charge in [-0.2, -0.15) is 0 Å². The SMILES string of the molecule is CCN(CP(=O)(O)CN1CCCC1=O)C(C)=O. The summed E-state index contributed by atoms with van der Waals surface area (Å²) in [6, 6.07) is 0. The number of likely N-dealkylation sites (tertiary alicyclic amines) is 1. The lowest BCUT2D eigenvalue weighted by molar-refractivity contribution is -0.127. The summed E-state index contributed by atoms with van der Waals surface area (Å²) >= 11 is 0. The molecule has 0 radical (unpaired) electrons. The van der Waals surface area contributed by atoms with Gasteiger partial charge in [-0.1, -0.05) is 0 Å². The number of nitrogens with zero attached hydrogens (tertiary/aromatic N) is 2. The molecular formula is C10H19N2O4P. The Labute approximate surface area is 101 Å². The first-order valence-electron chi connectivity index (χ1n) is 5.70. The van der Waals surface area contributed by atoms with Crippen molar-refractivity contribution in [2.75, 3.05) is 25.7 Å². The molecule has 17 heavy (non-hydrogen) atoms. The summed E-state index contributed by atoms with van der Waals surface area (Å²) in [6.45, 7) is 4.05. The third-order valence-corrected chi connectivity index (χ3v) is 4.35. The van der Waals surface area contributed by atoms with E-state index in [1.54, 1.807) is 6.92 Å². The Hall–Kier alpha value is -0.870. The van der Waals surface area contributed by atoms with E-state index in [2.05, 4.69) is 0 Å². The van der Waals surface area contributed by atoms with Gasteiger partial charge in [-0.3, -0.25) is 14.2 Å². The van der Waals surface area contributed by atoms with Gasteiger partial charge in [-0.05, 0) is 13.3 Å². The highest BCUT2D eigenvalue weighted by molar-refractivity contribution is 7.57. The molecule has 1 rings (SSSR count). The van der Waals surface area contributed by atoms with Gasteiger partial charge in [0.25, 0.3) is 0 Å². The molecule has 1 aliphatic heterocycles. The standard InChI is InChI=1S/C10H19N2O4P/c1-3-11(9(2)13)7-17(15,16)8-12-6-4-5-10(12)14/h3-8H2,1-2H3,(H,15,16). The lowest BCUT2D eigenvalue weighted by Gasteiger charge is -2.25. The molecule has 1 aliphatic rings. The first kappa shape index (κ1) is 14.2. The van der Waals surface area contributed by atoms with Crippen LogP contribution in [0.15, 0.2) is 0 Å². The van der Waals surface area contributed by atoms with Gasteiger partial charge >= 0.3 is 0 Å². The zero-order valence-electron chi connectivity index (χ0n) is 10.3. The van der Waals surface area contributed by atoms with E-state index in [-0.39, 0.29) is 24.4 Å². The van der Waals surface area contributed by atoms with Gasteiger partial charge in [-0.15, -0.1) is 0 Å². The normalized spacial score (nSPS) is 19.2. The summed E-state index contributed by atoms with van der Waals surface area (Å²) in [5.41, 5.74) is 0. The lowest BCUT2D eigenvalue weighted by Crippen LogP contribution is -2.33. The maximum absolute atomic E-state index is 12.0. The second-order valence-electron chi connectivity index (χ2n) is 4.26. The van der Waals surface area contributed by atoms with Crippen molar-refractivity contribution in [3.05, 3.63) is 0 Å². The topological polar surface area (TPSA) is 77.9 Å². The summed E-state index contributed by atoms with van der Waals surface area (Å²) in [5.74, 6) is -0.306. The van der Waals surface area contributed by atoms with Crippen LogP contribution in [0.1, 0.15) is 26.7 Å². The van der Waals surface area contributed by atoms with Crippen LogP contribution in [-0.2, 0) is 14.2 Å². The average Bonchev–Trinajstić information content (AvgIpc) is 2.60. The van der Waals surface area contributed by atoms with Crippen molar-refractivity contribution in [3.8, 4) is 0 Å². The Balaban J connectivity index is 2.58. The van der Waals surface area contributed by atoms with Gasteiger partial charge in [0, 0.05) is 26.4 Å². The molecule has 0 aromatic carbocycles. The Morgan fingerprint density at radius 3 is 2.65 bits per heavy atom. The van der Waals surface area contributed by atoms with E-state index in [0.717, 1.165) is 6.42 Å². The molecule has 98 valence electrons. The second-order valence-corrected chi connectivity index (χ2v) is 6.52. The van der Waals surface area contributed by atoms with E-state index in [0.29, 0.717) is 19.5 Å². The monoisotopic (exact) mass is 262 g/mol. The van der Waals surface area contributed by atoms with Crippen LogP contribution < -0.4 is 0 Å². The minimum atomic E-state index is -3.50. The predicted octanol–water partition coefficient (Wildman–Crippen LogP) is 0.663. The van der Waals surface area contributed by atoms with E-state index >= 15 is 0 Å². The van der Waals surface area contributed by atoms with Gasteiger partial charge in [-0.25, -0.2) is 0 Å². The highest BCUT2D eigenvalue weighted by atomic mass is 31.2. The fourth-order valence-electron chi connectivity index (χ4n) is 1.85. The minimum absolute atomic E-state index is 0.0786. The van der Waals surface area contributed by atoms with Crippen LogP contribution in [0.5, 0.6) is 0 Å². The molecule has 1 heterocycles. The first-order chi connectivity index (χ1) is 7.85. The van der Waals surface area contributed by atoms with Crippen molar-refractivity contribution in [1.29, 1.82) is 0 Å². The molecule has 1 fully saturated rings. The Kier molecular flexibility index (Phi) is 4.71. The molecule has 0 aromatic rings. The van der Waals surface area contributed by atoms with E-state index in [1.807, 2.05) is 0 Å². The van der Waals surface area contributed by atoms with Crippen LogP contribution in [0.2, 0.25) is 0 Å². The molecule has 6 nitrogen and oxygen atoms in total. The summed E-state index contributed by atoms with van der Waals surface area (Å²) < 4.78 is 12.0. The smallest absolute Gasteiger partial charge is 0.238 e. The molecule has 0 aromatic heterocycles. The van der Waals surface area contributed by atoms with Crippen LogP contribution in [-0.4, -0.2) is 52.2 Å². The Morgan fingerprint density at radius 2 is 2.24 bits per heavy atom. The maximum Gasteiger partial charge on any atom is 0.238 e. The number of carbonyl (C=O) groups excluding carboxylic acids is 2. The zero-order chi connectivity index (χ0) is 13.1. The third-order valence-electron chi connectivity index (χ3n) is 2.78. The molecule has 0 aliphatic carbocycles. The van der Waals surface area contributed by atoms with Crippen molar-refractivity contribution in [2.45, 2.75) is 26.7 Å². The number of carbonyl (C=O) groups is 2. The Bertz CT molecular complexity index is 350. The summed E-state index contributed by atoms with van der Waals surface area (Å²) in [4.78, 5) is 35.1. The number of amides is 2. The summed E-state index contributed by atoms with van der Waals surface area (Å²) in [7, 11) is -3.50. The van der Waals surface area contributed by atoms with Crippen LogP contribution in [0.3, 0.4) is 0 Å². The first-order valence-corrected chi connectivity index (χ1v) is 7.73. The molecule has 1 unspecified atom stereocenters. The van der Waals surface area contributed by atoms with Gasteiger partial charge in [0.2, 0.25) is 19.2 Å². The van der Waals surface area contributed by atoms with Gasteiger partial charge in [0.15, 0.2) is 0 Å². The molecule has 1 N–H and O–H groups in total. The highest BCUT2D eigenvalue weighted by Crippen LogP contribution is 2.42. The van der Waals surface area contributed by atoms with Crippen LogP contribution in [0.4, 0.5) is 0 Å². The quantitative estimate of drug-likeness (QED) is 0.738. The van der Waals surface area contributed by atoms with E-state index in [4.69, 9.17) is 0 Å². The highest BCUT2D eigenvalue weighted by Gasteiger charge is 2.30. The molecule has 7 heteroatoms. The van der Waals surface area contributed by atoms with Crippen LogP contribution in [0.25, 0.3) is 0 Å². The van der Waals surface area contributed by atoms with E-state index in [9.17, 15) is 19.0 Å². The summed E-state index contributed by atoms with van der Waals surface area (Å²) in [5, 5.41) is 0. The van der Waals surface area contributed by atoms with Crippen LogP contribution in [0, 0.1) is 0 Å². The number of hydrogen-bond donors (Lipinski definition) is 1. The maximum atomic E-state index is 12.0. The predicted molar refractivity (Wildman–Crippen MR) is 63.6 cm³/mol. The van der Waals surface area contributed by atoms with Crippen molar-refractivity contribution < 1.29 is 19.0 Å². The number of rotatable bonds is 5. The number of hydrogen-bond acceptors (Lipinski definition) is 3.